The number of aliphatic hydroxyl groups excluding tert-OH is 9. The summed E-state index contributed by atoms with van der Waals surface area (Å²) in [7, 11) is 0. The van der Waals surface area contributed by atoms with Crippen LogP contribution in [0.25, 0.3) is 0 Å². The molecule has 10 N–H and O–H groups in total. The first-order valence-electron chi connectivity index (χ1n) is 21.5. The second-order valence-corrected chi connectivity index (χ2v) is 16.7. The molecule has 4 saturated heterocycles. The number of aliphatic hydroxyl groups is 9. The maximum absolute atomic E-state index is 11.3. The van der Waals surface area contributed by atoms with Crippen LogP contribution in [0.2, 0.25) is 0 Å². The van der Waals surface area contributed by atoms with E-state index in [1.54, 1.807) is 6.92 Å². The summed E-state index contributed by atoms with van der Waals surface area (Å²) in [6.45, 7) is 8.16. The first-order valence-corrected chi connectivity index (χ1v) is 21.5. The van der Waals surface area contributed by atoms with E-state index in [1.807, 2.05) is 0 Å². The summed E-state index contributed by atoms with van der Waals surface area (Å²) in [5, 5.41) is 106. The van der Waals surface area contributed by atoms with E-state index in [2.05, 4.69) is 6.92 Å². The Hall–Kier alpha value is -1.21. The van der Waals surface area contributed by atoms with Crippen LogP contribution in [0.4, 0.5) is 0 Å². The fraction of sp³-hybridized carbons (Fsp3) is 0.975. The highest BCUT2D eigenvalue weighted by Crippen LogP contribution is 2.35. The van der Waals surface area contributed by atoms with Crippen molar-refractivity contribution in [2.24, 2.45) is 0 Å². The van der Waals surface area contributed by atoms with Gasteiger partial charge in [0.2, 0.25) is 0 Å². The van der Waals surface area contributed by atoms with Gasteiger partial charge in [-0.2, -0.15) is 0 Å². The fourth-order valence-electron chi connectivity index (χ4n) is 8.08. The van der Waals surface area contributed by atoms with Gasteiger partial charge >= 0.3 is 5.97 Å². The molecule has 4 heterocycles. The predicted molar refractivity (Wildman–Crippen MR) is 204 cm³/mol. The molecule has 19 heteroatoms. The van der Waals surface area contributed by atoms with Gasteiger partial charge < -0.3 is 89.0 Å². The Balaban J connectivity index is 1.35. The molecule has 0 spiro atoms. The van der Waals surface area contributed by atoms with Crippen molar-refractivity contribution in [1.82, 2.24) is 0 Å². The molecule has 0 aromatic rings. The van der Waals surface area contributed by atoms with Gasteiger partial charge in [-0.25, -0.2) is 0 Å². The molecule has 0 saturated carbocycles. The van der Waals surface area contributed by atoms with E-state index in [9.17, 15) is 50.8 Å². The quantitative estimate of drug-likeness (QED) is 0.0638. The summed E-state index contributed by atoms with van der Waals surface area (Å²) in [5.74, 6) is -0.776. The standard InChI is InChI=1S/C40H72O19/c1-6-7-13-16-23(17-14-11-9-8-10-12-15-18-24(41)42)56-40-36(28(46)26(44)20(3)53-40)59-39-33(51)30(48)35(22(5)55-39)58-38-32(50)29(47)34(21(4)54-38)57-37-31(49)27(45)25(43)19(2)52-37/h19-23,25-40,43-51H,6-18H2,1-5H3,(H,41,42)/t19-,20+,21-,22+,23+,25-,26+,27+,28-,29-,30+,31-,32-,33+,34-,35+,36+,37+,38+,39-,40-/m0/s1. The van der Waals surface area contributed by atoms with Crippen molar-refractivity contribution in [1.29, 1.82) is 0 Å². The van der Waals surface area contributed by atoms with Gasteiger partial charge in [-0.1, -0.05) is 64.7 Å². The third-order valence-corrected chi connectivity index (χ3v) is 11.9. The number of rotatable bonds is 22. The molecule has 0 aromatic heterocycles. The zero-order valence-corrected chi connectivity index (χ0v) is 35.0. The fourth-order valence-corrected chi connectivity index (χ4v) is 8.08. The van der Waals surface area contributed by atoms with Gasteiger partial charge in [-0.15, -0.1) is 0 Å². The molecule has 4 aliphatic heterocycles. The van der Waals surface area contributed by atoms with Crippen LogP contribution in [-0.2, 0) is 42.7 Å². The van der Waals surface area contributed by atoms with Crippen molar-refractivity contribution in [2.45, 2.75) is 247 Å². The van der Waals surface area contributed by atoms with Crippen molar-refractivity contribution in [3.05, 3.63) is 0 Å². The Labute approximate surface area is 346 Å². The maximum Gasteiger partial charge on any atom is 0.303 e. The van der Waals surface area contributed by atoms with E-state index < -0.39 is 129 Å². The Kier molecular flexibility index (Phi) is 20.5. The molecule has 346 valence electrons. The number of carbonyl (C=O) groups is 1. The Morgan fingerprint density at radius 2 is 0.831 bits per heavy atom. The van der Waals surface area contributed by atoms with Crippen LogP contribution in [0.15, 0.2) is 0 Å². The van der Waals surface area contributed by atoms with Gasteiger partial charge in [0.25, 0.3) is 0 Å². The van der Waals surface area contributed by atoms with Gasteiger partial charge in [-0.3, -0.25) is 4.79 Å². The number of carboxylic acid groups (broad SMARTS) is 1. The monoisotopic (exact) mass is 856 g/mol. The first kappa shape index (κ1) is 50.4. The molecule has 59 heavy (non-hydrogen) atoms. The van der Waals surface area contributed by atoms with E-state index in [4.69, 9.17) is 43.0 Å². The molecule has 4 aliphatic rings. The topological polar surface area (TPSA) is 293 Å². The predicted octanol–water partition coefficient (Wildman–Crippen LogP) is -0.0697. The Morgan fingerprint density at radius 1 is 0.458 bits per heavy atom. The molecule has 21 atom stereocenters. The van der Waals surface area contributed by atoms with Crippen LogP contribution in [0.5, 0.6) is 0 Å². The van der Waals surface area contributed by atoms with Crippen LogP contribution in [0, 0.1) is 0 Å². The molecular weight excluding hydrogens is 784 g/mol. The normalized spacial score (nSPS) is 43.7. The number of unbranched alkanes of at least 4 members (excludes halogenated alkanes) is 8. The van der Waals surface area contributed by atoms with Crippen LogP contribution in [-0.4, -0.2) is 186 Å². The van der Waals surface area contributed by atoms with Crippen LogP contribution >= 0.6 is 0 Å². The first-order chi connectivity index (χ1) is 28.0. The van der Waals surface area contributed by atoms with Crippen molar-refractivity contribution < 1.29 is 93.8 Å². The molecule has 0 radical (unpaired) electrons. The average Bonchev–Trinajstić information content (AvgIpc) is 3.19. The summed E-state index contributed by atoms with van der Waals surface area (Å²) >= 11 is 0. The minimum atomic E-state index is -1.78. The SMILES string of the molecule is CCCCC[C@H](CCCCCCCCCC(=O)O)O[C@@H]1O[C@H](C)[C@@H](O)[C@H](O)[C@H]1O[C@@H]1O[C@H](C)[C@@H](O[C@H]2O[C@@H](C)[C@H](O[C@H]3O[C@@H](C)[C@H](O)[C@@H](O)[C@@H]3O)[C@@H](O)[C@@H]2O)[C@H](O)[C@H]1O. The second kappa shape index (κ2) is 24.0. The molecule has 4 rings (SSSR count). The van der Waals surface area contributed by atoms with E-state index in [1.165, 1.54) is 20.8 Å². The number of hydrogen-bond donors (Lipinski definition) is 10. The molecule has 0 bridgehead atoms. The third-order valence-electron chi connectivity index (χ3n) is 11.9. The van der Waals surface area contributed by atoms with Gasteiger partial charge in [-0.05, 0) is 47.0 Å². The number of ether oxygens (including phenoxy) is 8. The highest BCUT2D eigenvalue weighted by Gasteiger charge is 2.54. The molecule has 0 aromatic carbocycles. The lowest BCUT2D eigenvalue weighted by atomic mass is 9.96. The van der Waals surface area contributed by atoms with Crippen LogP contribution < -0.4 is 0 Å². The van der Waals surface area contributed by atoms with Crippen LogP contribution in [0.3, 0.4) is 0 Å². The van der Waals surface area contributed by atoms with E-state index in [0.717, 1.165) is 64.2 Å². The van der Waals surface area contributed by atoms with Gasteiger partial charge in [0.15, 0.2) is 25.2 Å². The molecule has 19 nitrogen and oxygen atoms in total. The van der Waals surface area contributed by atoms with Crippen LogP contribution in [0.1, 0.15) is 118 Å². The molecule has 4 fully saturated rings. The lowest BCUT2D eigenvalue weighted by Crippen LogP contribution is -2.66. The lowest BCUT2D eigenvalue weighted by molar-refractivity contribution is -0.387. The van der Waals surface area contributed by atoms with Gasteiger partial charge in [0.05, 0.1) is 30.5 Å². The zero-order valence-electron chi connectivity index (χ0n) is 35.0. The average molecular weight is 857 g/mol. The van der Waals surface area contributed by atoms with Crippen molar-refractivity contribution in [2.75, 3.05) is 0 Å². The summed E-state index contributed by atoms with van der Waals surface area (Å²) in [5.41, 5.74) is 0. The van der Waals surface area contributed by atoms with Crippen molar-refractivity contribution >= 4 is 5.97 Å². The summed E-state index contributed by atoms with van der Waals surface area (Å²) in [6.07, 6.45) is -17.3. The third kappa shape index (κ3) is 13.6. The summed E-state index contributed by atoms with van der Waals surface area (Å²) in [6, 6.07) is 0. The summed E-state index contributed by atoms with van der Waals surface area (Å²) < 4.78 is 47.4. The van der Waals surface area contributed by atoms with Gasteiger partial charge in [0, 0.05) is 6.42 Å². The van der Waals surface area contributed by atoms with Crippen molar-refractivity contribution in [3.63, 3.8) is 0 Å². The number of aliphatic carboxylic acids is 1. The van der Waals surface area contributed by atoms with Gasteiger partial charge in [0.1, 0.15) is 73.2 Å². The smallest absolute Gasteiger partial charge is 0.303 e. The molecule has 0 amide bonds. The highest BCUT2D eigenvalue weighted by atomic mass is 16.8. The van der Waals surface area contributed by atoms with Crippen molar-refractivity contribution in [3.8, 4) is 0 Å². The molecule has 0 aliphatic carbocycles. The number of hydrogen-bond acceptors (Lipinski definition) is 18. The zero-order chi connectivity index (χ0) is 43.6. The highest BCUT2D eigenvalue weighted by molar-refractivity contribution is 5.66. The largest absolute Gasteiger partial charge is 0.481 e. The Bertz CT molecular complexity index is 1220. The Morgan fingerprint density at radius 3 is 1.32 bits per heavy atom. The van der Waals surface area contributed by atoms with E-state index in [0.29, 0.717) is 12.8 Å². The molecule has 0 unspecified atom stereocenters. The maximum atomic E-state index is 11.3. The van der Waals surface area contributed by atoms with E-state index in [-0.39, 0.29) is 12.5 Å². The molecular formula is C40H72O19. The second-order valence-electron chi connectivity index (χ2n) is 16.7. The number of carboxylic acids is 1. The minimum Gasteiger partial charge on any atom is -0.481 e. The van der Waals surface area contributed by atoms with E-state index >= 15 is 0 Å². The summed E-state index contributed by atoms with van der Waals surface area (Å²) in [4.78, 5) is 10.7. The lowest BCUT2D eigenvalue weighted by Gasteiger charge is -2.48. The minimum absolute atomic E-state index is 0.187.